The molecule has 0 bridgehead atoms. The Kier molecular flexibility index (Phi) is 10.6. The molecule has 0 saturated carbocycles. The second-order valence-electron chi connectivity index (χ2n) is 10.9. The van der Waals surface area contributed by atoms with Crippen LogP contribution in [0.15, 0.2) is 42.0 Å². The van der Waals surface area contributed by atoms with Crippen molar-refractivity contribution in [1.82, 2.24) is 10.2 Å². The topological polar surface area (TPSA) is 141 Å². The van der Waals surface area contributed by atoms with Crippen molar-refractivity contribution in [2.75, 3.05) is 27.5 Å². The van der Waals surface area contributed by atoms with Gasteiger partial charge in [-0.1, -0.05) is 18.2 Å². The first-order chi connectivity index (χ1) is 18.9. The monoisotopic (exact) mass is 558 g/mol. The molecule has 1 aliphatic carbocycles. The largest absolute Gasteiger partial charge is 0.460 e. The van der Waals surface area contributed by atoms with E-state index in [4.69, 9.17) is 18.9 Å². The number of carbonyl (C=O) groups is 4. The van der Waals surface area contributed by atoms with Gasteiger partial charge in [-0.25, -0.2) is 4.79 Å². The summed E-state index contributed by atoms with van der Waals surface area (Å²) in [6, 6.07) is 6.04. The third-order valence-corrected chi connectivity index (χ3v) is 6.25. The number of nitrogens with one attached hydrogen (secondary N) is 1. The number of amides is 2. The Morgan fingerprint density at radius 3 is 2.58 bits per heavy atom. The van der Waals surface area contributed by atoms with E-state index in [-0.39, 0.29) is 44.1 Å². The maximum Gasteiger partial charge on any atom is 0.339 e. The van der Waals surface area contributed by atoms with Crippen LogP contribution in [0.5, 0.6) is 0 Å². The number of benzene rings is 1. The first-order valence-electron chi connectivity index (χ1n) is 13.1. The minimum absolute atomic E-state index is 0.0179. The van der Waals surface area contributed by atoms with Crippen molar-refractivity contribution in [3.8, 4) is 0 Å². The summed E-state index contributed by atoms with van der Waals surface area (Å²) in [5.74, 6) is -1.76. The molecule has 11 heteroatoms. The average Bonchev–Trinajstić information content (AvgIpc) is 3.37. The van der Waals surface area contributed by atoms with Crippen LogP contribution < -0.4 is 5.32 Å². The van der Waals surface area contributed by atoms with Gasteiger partial charge in [-0.2, -0.15) is 0 Å². The van der Waals surface area contributed by atoms with Crippen LogP contribution >= 0.6 is 0 Å². The van der Waals surface area contributed by atoms with Gasteiger partial charge in [-0.05, 0) is 51.0 Å². The van der Waals surface area contributed by atoms with Crippen molar-refractivity contribution in [1.29, 1.82) is 0 Å². The lowest BCUT2D eigenvalue weighted by Gasteiger charge is -2.30. The van der Waals surface area contributed by atoms with Gasteiger partial charge in [-0.3, -0.25) is 14.4 Å². The minimum atomic E-state index is -0.819. The zero-order chi connectivity index (χ0) is 29.4. The predicted octanol–water partition coefficient (Wildman–Crippen LogP) is 1.98. The number of ether oxygens (including phenoxy) is 4. The van der Waals surface area contributed by atoms with E-state index in [0.717, 1.165) is 0 Å². The fraction of sp³-hybridized carbons (Fsp3) is 0.517. The molecule has 0 aromatic heterocycles. The molecule has 1 fully saturated rings. The molecule has 1 aliphatic heterocycles. The first-order valence-corrected chi connectivity index (χ1v) is 13.1. The molecule has 11 nitrogen and oxygen atoms in total. The summed E-state index contributed by atoms with van der Waals surface area (Å²) in [4.78, 5) is 51.7. The lowest BCUT2D eigenvalue weighted by atomic mass is 9.91. The Labute approximate surface area is 234 Å². The minimum Gasteiger partial charge on any atom is -0.460 e. The highest BCUT2D eigenvalue weighted by molar-refractivity contribution is 5.97. The highest BCUT2D eigenvalue weighted by Crippen LogP contribution is 2.31. The number of fused-ring (bicyclic) bond motifs is 1. The van der Waals surface area contributed by atoms with Crippen molar-refractivity contribution >= 4 is 29.8 Å². The standard InChI is InChI=1S/C29H38N2O9/c1-29(2,3)40-25(34)13-11-20(16-32)30-27(35)19-14-22-26(38-17-37-22)23(15-19)39-28(36)21-9-7-6-8-18(21)10-12-24(33)31(4)5/h6-10,12,14,20,22-23,26,32H,11,13,15-17H2,1-5H3,(H,30,35)/t20-,22+,23+,26+/m0/s1. The van der Waals surface area contributed by atoms with Gasteiger partial charge in [0.1, 0.15) is 30.7 Å². The summed E-state index contributed by atoms with van der Waals surface area (Å²) in [7, 11) is 3.25. The number of hydrogen-bond acceptors (Lipinski definition) is 9. The summed E-state index contributed by atoms with van der Waals surface area (Å²) in [6.07, 6.45) is 2.79. The van der Waals surface area contributed by atoms with E-state index in [1.165, 1.54) is 11.0 Å². The highest BCUT2D eigenvalue weighted by atomic mass is 16.7. The lowest BCUT2D eigenvalue weighted by Crippen LogP contribution is -2.45. The molecule has 2 aliphatic rings. The van der Waals surface area contributed by atoms with Crippen LogP contribution in [0.3, 0.4) is 0 Å². The fourth-order valence-corrected chi connectivity index (χ4v) is 4.24. The fourth-order valence-electron chi connectivity index (χ4n) is 4.24. The second-order valence-corrected chi connectivity index (χ2v) is 10.9. The highest BCUT2D eigenvalue weighted by Gasteiger charge is 2.42. The number of likely N-dealkylation sites (N-methyl/N-ethyl adjacent to an activating group) is 1. The van der Waals surface area contributed by atoms with Crippen molar-refractivity contribution in [2.24, 2.45) is 0 Å². The van der Waals surface area contributed by atoms with E-state index in [2.05, 4.69) is 5.32 Å². The number of aliphatic hydroxyl groups excluding tert-OH is 1. The summed E-state index contributed by atoms with van der Waals surface area (Å²) in [5.41, 5.74) is 0.436. The van der Waals surface area contributed by atoms with Crippen LogP contribution in [-0.4, -0.2) is 91.2 Å². The molecule has 2 N–H and O–H groups in total. The average molecular weight is 559 g/mol. The van der Waals surface area contributed by atoms with Crippen LogP contribution in [0.1, 0.15) is 56.0 Å². The Morgan fingerprint density at radius 1 is 1.18 bits per heavy atom. The van der Waals surface area contributed by atoms with E-state index >= 15 is 0 Å². The smallest absolute Gasteiger partial charge is 0.339 e. The number of carbonyl (C=O) groups excluding carboxylic acids is 4. The summed E-state index contributed by atoms with van der Waals surface area (Å²) >= 11 is 0. The van der Waals surface area contributed by atoms with Crippen LogP contribution in [0.4, 0.5) is 0 Å². The predicted molar refractivity (Wildman–Crippen MR) is 145 cm³/mol. The molecule has 1 saturated heterocycles. The Hall–Kier alpha value is -3.54. The first kappa shape index (κ1) is 31.0. The SMILES string of the molecule is CN(C)C(=O)C=Cc1ccccc1C(=O)O[C@@H]1CC(C(=O)N[C@H](CO)CCC(=O)OC(C)(C)C)=C[C@H]2OCO[C@H]21. The summed E-state index contributed by atoms with van der Waals surface area (Å²) < 4.78 is 22.3. The number of rotatable bonds is 10. The van der Waals surface area contributed by atoms with Crippen LogP contribution in [0, 0.1) is 0 Å². The van der Waals surface area contributed by atoms with Gasteiger partial charge in [0.15, 0.2) is 0 Å². The lowest BCUT2D eigenvalue weighted by molar-refractivity contribution is -0.155. The van der Waals surface area contributed by atoms with Gasteiger partial charge >= 0.3 is 11.9 Å². The molecular formula is C29H38N2O9. The van der Waals surface area contributed by atoms with Crippen LogP contribution in [0.2, 0.25) is 0 Å². The molecule has 218 valence electrons. The molecule has 0 unspecified atom stereocenters. The van der Waals surface area contributed by atoms with E-state index in [1.54, 1.807) is 71.3 Å². The normalized spacial score (nSPS) is 21.2. The quantitative estimate of drug-likeness (QED) is 0.326. The Balaban J connectivity index is 1.68. The maximum absolute atomic E-state index is 13.2. The second kappa shape index (κ2) is 13.7. The molecule has 3 rings (SSSR count). The van der Waals surface area contributed by atoms with Gasteiger partial charge in [0.2, 0.25) is 11.8 Å². The molecule has 2 amide bonds. The van der Waals surface area contributed by atoms with Gasteiger partial charge in [0.25, 0.3) is 0 Å². The molecular weight excluding hydrogens is 520 g/mol. The molecule has 1 heterocycles. The zero-order valence-electron chi connectivity index (χ0n) is 23.5. The zero-order valence-corrected chi connectivity index (χ0v) is 23.5. The number of esters is 2. The van der Waals surface area contributed by atoms with Crippen molar-refractivity contribution in [3.63, 3.8) is 0 Å². The molecule has 40 heavy (non-hydrogen) atoms. The number of hydrogen-bond donors (Lipinski definition) is 2. The number of nitrogens with zero attached hydrogens (tertiary/aromatic N) is 1. The van der Waals surface area contributed by atoms with Crippen molar-refractivity contribution in [3.05, 3.63) is 53.1 Å². The van der Waals surface area contributed by atoms with E-state index in [1.807, 2.05) is 0 Å². The summed E-state index contributed by atoms with van der Waals surface area (Å²) in [6.45, 7) is 4.90. The number of aliphatic hydroxyl groups is 1. The molecule has 0 spiro atoms. The van der Waals surface area contributed by atoms with Crippen LogP contribution in [-0.2, 0) is 33.3 Å². The molecule has 1 aromatic rings. The van der Waals surface area contributed by atoms with Gasteiger partial charge in [0, 0.05) is 38.6 Å². The molecule has 1 aromatic carbocycles. The van der Waals surface area contributed by atoms with Crippen molar-refractivity contribution < 1.29 is 43.2 Å². The molecule has 0 radical (unpaired) electrons. The molecule has 4 atom stereocenters. The summed E-state index contributed by atoms with van der Waals surface area (Å²) in [5, 5.41) is 12.5. The van der Waals surface area contributed by atoms with E-state index < -0.39 is 47.8 Å². The third kappa shape index (κ3) is 8.73. The van der Waals surface area contributed by atoms with Gasteiger partial charge in [-0.15, -0.1) is 0 Å². The maximum atomic E-state index is 13.2. The van der Waals surface area contributed by atoms with Gasteiger partial charge < -0.3 is 34.3 Å². The van der Waals surface area contributed by atoms with E-state index in [9.17, 15) is 24.3 Å². The van der Waals surface area contributed by atoms with Gasteiger partial charge in [0.05, 0.1) is 18.2 Å². The van der Waals surface area contributed by atoms with E-state index in [0.29, 0.717) is 11.1 Å². The van der Waals surface area contributed by atoms with Crippen molar-refractivity contribution in [2.45, 2.75) is 70.0 Å². The third-order valence-electron chi connectivity index (χ3n) is 6.25. The Bertz CT molecular complexity index is 1150. The van der Waals surface area contributed by atoms with Crippen LogP contribution in [0.25, 0.3) is 6.08 Å². The Morgan fingerprint density at radius 2 is 1.90 bits per heavy atom.